The van der Waals surface area contributed by atoms with Crippen molar-refractivity contribution in [1.29, 1.82) is 0 Å². The summed E-state index contributed by atoms with van der Waals surface area (Å²) < 4.78 is 24.9. The van der Waals surface area contributed by atoms with E-state index in [1.807, 2.05) is 18.2 Å². The first-order chi connectivity index (χ1) is 10.5. The second kappa shape index (κ2) is 7.18. The van der Waals surface area contributed by atoms with E-state index in [4.69, 9.17) is 9.47 Å². The third kappa shape index (κ3) is 4.67. The second-order valence-electron chi connectivity index (χ2n) is 5.78. The Labute approximate surface area is 129 Å². The van der Waals surface area contributed by atoms with Gasteiger partial charge < -0.3 is 14.3 Å². The van der Waals surface area contributed by atoms with Gasteiger partial charge in [0.1, 0.15) is 12.0 Å². The van der Waals surface area contributed by atoms with Crippen LogP contribution in [0.2, 0.25) is 0 Å². The molecular formula is C18H19FO3. The molecule has 22 heavy (non-hydrogen) atoms. The number of hydrogen-bond acceptors (Lipinski definition) is 3. The highest BCUT2D eigenvalue weighted by atomic mass is 19.1. The average molecular weight is 302 g/mol. The Hall–Kier alpha value is -2.20. The Bertz CT molecular complexity index is 623. The van der Waals surface area contributed by atoms with Gasteiger partial charge >= 0.3 is 0 Å². The van der Waals surface area contributed by atoms with Gasteiger partial charge in [-0.25, -0.2) is 4.39 Å². The number of carbonyl (C=O) groups excluding carboxylic acids is 1. The molecule has 0 saturated carbocycles. The zero-order valence-corrected chi connectivity index (χ0v) is 12.7. The van der Waals surface area contributed by atoms with Gasteiger partial charge in [-0.1, -0.05) is 38.1 Å². The van der Waals surface area contributed by atoms with Gasteiger partial charge in [0.2, 0.25) is 0 Å². The monoisotopic (exact) mass is 302 g/mol. The van der Waals surface area contributed by atoms with Gasteiger partial charge in [-0.15, -0.1) is 0 Å². The number of halogens is 1. The number of rotatable bonds is 7. The SMILES string of the molecule is CC(C)(C=O)COCc1ccc(F)c(Oc2ccccc2)c1. The second-order valence-corrected chi connectivity index (χ2v) is 5.78. The third-order valence-corrected chi connectivity index (χ3v) is 3.03. The summed E-state index contributed by atoms with van der Waals surface area (Å²) >= 11 is 0. The molecule has 0 N–H and O–H groups in total. The molecule has 0 fully saturated rings. The zero-order valence-electron chi connectivity index (χ0n) is 12.7. The van der Waals surface area contributed by atoms with Crippen molar-refractivity contribution in [2.75, 3.05) is 6.61 Å². The molecule has 2 aromatic rings. The molecule has 0 unspecified atom stereocenters. The molecule has 0 heterocycles. The molecule has 2 rings (SSSR count). The maximum absolute atomic E-state index is 13.8. The Morgan fingerprint density at radius 3 is 2.55 bits per heavy atom. The van der Waals surface area contributed by atoms with Gasteiger partial charge in [-0.3, -0.25) is 0 Å². The van der Waals surface area contributed by atoms with Crippen LogP contribution in [-0.2, 0) is 16.1 Å². The summed E-state index contributed by atoms with van der Waals surface area (Å²) in [4.78, 5) is 10.8. The molecule has 3 nitrogen and oxygen atoms in total. The molecule has 0 aliphatic rings. The van der Waals surface area contributed by atoms with E-state index in [1.54, 1.807) is 38.1 Å². The van der Waals surface area contributed by atoms with Crippen molar-refractivity contribution < 1.29 is 18.7 Å². The van der Waals surface area contributed by atoms with E-state index in [0.717, 1.165) is 11.8 Å². The van der Waals surface area contributed by atoms with E-state index >= 15 is 0 Å². The first-order valence-electron chi connectivity index (χ1n) is 7.05. The fourth-order valence-corrected chi connectivity index (χ4v) is 1.80. The van der Waals surface area contributed by atoms with Crippen molar-refractivity contribution in [3.63, 3.8) is 0 Å². The predicted octanol–water partition coefficient (Wildman–Crippen LogP) is 4.36. The Balaban J connectivity index is 2.02. The van der Waals surface area contributed by atoms with Crippen LogP contribution in [0.15, 0.2) is 48.5 Å². The Kier molecular flexibility index (Phi) is 5.28. The van der Waals surface area contributed by atoms with Gasteiger partial charge in [0.25, 0.3) is 0 Å². The van der Waals surface area contributed by atoms with Gasteiger partial charge in [-0.2, -0.15) is 0 Å². The fourth-order valence-electron chi connectivity index (χ4n) is 1.80. The van der Waals surface area contributed by atoms with Crippen molar-refractivity contribution >= 4 is 6.29 Å². The quantitative estimate of drug-likeness (QED) is 0.713. The van der Waals surface area contributed by atoms with Crippen LogP contribution < -0.4 is 4.74 Å². The number of ether oxygens (including phenoxy) is 2. The summed E-state index contributed by atoms with van der Waals surface area (Å²) in [6, 6.07) is 13.6. The minimum Gasteiger partial charge on any atom is -0.454 e. The molecule has 0 bridgehead atoms. The number of aldehydes is 1. The van der Waals surface area contributed by atoms with Crippen LogP contribution in [0.1, 0.15) is 19.4 Å². The lowest BCUT2D eigenvalue weighted by Crippen LogP contribution is -2.20. The first kappa shape index (κ1) is 16.2. The summed E-state index contributed by atoms with van der Waals surface area (Å²) in [5.41, 5.74) is 0.262. The van der Waals surface area contributed by atoms with Crippen LogP contribution in [-0.4, -0.2) is 12.9 Å². The largest absolute Gasteiger partial charge is 0.454 e. The van der Waals surface area contributed by atoms with E-state index < -0.39 is 11.2 Å². The predicted molar refractivity (Wildman–Crippen MR) is 82.4 cm³/mol. The molecule has 0 atom stereocenters. The lowest BCUT2D eigenvalue weighted by Gasteiger charge is -2.16. The van der Waals surface area contributed by atoms with Crippen LogP contribution in [0.3, 0.4) is 0 Å². The summed E-state index contributed by atoms with van der Waals surface area (Å²) in [6.07, 6.45) is 0.863. The third-order valence-electron chi connectivity index (χ3n) is 3.03. The number of hydrogen-bond donors (Lipinski definition) is 0. The lowest BCUT2D eigenvalue weighted by atomic mass is 9.98. The molecule has 0 aliphatic carbocycles. The van der Waals surface area contributed by atoms with Crippen LogP contribution >= 0.6 is 0 Å². The normalized spacial score (nSPS) is 11.2. The smallest absolute Gasteiger partial charge is 0.165 e. The molecule has 116 valence electrons. The molecule has 0 radical (unpaired) electrons. The zero-order chi connectivity index (χ0) is 16.0. The topological polar surface area (TPSA) is 35.5 Å². The minimum absolute atomic E-state index is 0.155. The maximum Gasteiger partial charge on any atom is 0.165 e. The van der Waals surface area contributed by atoms with Gasteiger partial charge in [0.15, 0.2) is 11.6 Å². The van der Waals surface area contributed by atoms with Gasteiger partial charge in [0, 0.05) is 5.41 Å². The van der Waals surface area contributed by atoms with Gasteiger partial charge in [-0.05, 0) is 29.8 Å². The summed E-state index contributed by atoms with van der Waals surface area (Å²) in [5.74, 6) is 0.296. The molecule has 0 amide bonds. The van der Waals surface area contributed by atoms with Crippen LogP contribution in [0.25, 0.3) is 0 Å². The summed E-state index contributed by atoms with van der Waals surface area (Å²) in [6.45, 7) is 4.20. The molecule has 0 saturated heterocycles. The summed E-state index contributed by atoms with van der Waals surface area (Å²) in [5, 5.41) is 0. The molecule has 0 spiro atoms. The Morgan fingerprint density at radius 1 is 1.14 bits per heavy atom. The van der Waals surface area contributed by atoms with Crippen LogP contribution in [0.4, 0.5) is 4.39 Å². The lowest BCUT2D eigenvalue weighted by molar-refractivity contribution is -0.117. The van der Waals surface area contributed by atoms with Crippen LogP contribution in [0.5, 0.6) is 11.5 Å². The van der Waals surface area contributed by atoms with Crippen molar-refractivity contribution in [3.8, 4) is 11.5 Å². The number of carbonyl (C=O) groups is 1. The van der Waals surface area contributed by atoms with E-state index in [1.165, 1.54) is 6.07 Å². The van der Waals surface area contributed by atoms with Crippen molar-refractivity contribution in [2.45, 2.75) is 20.5 Å². The molecular weight excluding hydrogens is 283 g/mol. The summed E-state index contributed by atoms with van der Waals surface area (Å²) in [7, 11) is 0. The number of benzene rings is 2. The maximum atomic E-state index is 13.8. The van der Waals surface area contributed by atoms with E-state index in [-0.39, 0.29) is 5.75 Å². The molecule has 0 aliphatic heterocycles. The molecule has 0 aromatic heterocycles. The van der Waals surface area contributed by atoms with E-state index in [2.05, 4.69) is 0 Å². The van der Waals surface area contributed by atoms with E-state index in [9.17, 15) is 9.18 Å². The van der Waals surface area contributed by atoms with Gasteiger partial charge in [0.05, 0.1) is 13.2 Å². The molecule has 2 aromatic carbocycles. The standard InChI is InChI=1S/C18H19FO3/c1-18(2,12-20)13-21-11-14-8-9-16(19)17(10-14)22-15-6-4-3-5-7-15/h3-10,12H,11,13H2,1-2H3. The van der Waals surface area contributed by atoms with Crippen molar-refractivity contribution in [1.82, 2.24) is 0 Å². The van der Waals surface area contributed by atoms with Crippen molar-refractivity contribution in [2.24, 2.45) is 5.41 Å². The highest BCUT2D eigenvalue weighted by molar-refractivity contribution is 5.57. The first-order valence-corrected chi connectivity index (χ1v) is 7.05. The fraction of sp³-hybridized carbons (Fsp3) is 0.278. The van der Waals surface area contributed by atoms with Crippen LogP contribution in [0, 0.1) is 11.2 Å². The Morgan fingerprint density at radius 2 is 1.86 bits per heavy atom. The number of para-hydroxylation sites is 1. The average Bonchev–Trinajstić information content (AvgIpc) is 2.51. The highest BCUT2D eigenvalue weighted by Gasteiger charge is 2.16. The van der Waals surface area contributed by atoms with Crippen molar-refractivity contribution in [3.05, 3.63) is 59.9 Å². The highest BCUT2D eigenvalue weighted by Crippen LogP contribution is 2.25. The van der Waals surface area contributed by atoms with E-state index in [0.29, 0.717) is 19.0 Å². The molecule has 4 heteroatoms. The minimum atomic E-state index is -0.524.